The van der Waals surface area contributed by atoms with Crippen molar-refractivity contribution in [2.75, 3.05) is 12.3 Å². The normalized spacial score (nSPS) is 21.9. The van der Waals surface area contributed by atoms with Crippen molar-refractivity contribution in [2.45, 2.75) is 18.1 Å². The quantitative estimate of drug-likeness (QED) is 0.859. The monoisotopic (exact) mass is 291 g/mol. The number of sulfonamides is 1. The third-order valence-electron chi connectivity index (χ3n) is 2.70. The Morgan fingerprint density at radius 1 is 1.41 bits per heavy atom. The van der Waals surface area contributed by atoms with Gasteiger partial charge in [-0.2, -0.15) is 4.31 Å². The Balaban J connectivity index is 2.14. The van der Waals surface area contributed by atoms with E-state index in [9.17, 15) is 8.42 Å². The molecule has 1 aromatic carbocycles. The van der Waals surface area contributed by atoms with Gasteiger partial charge in [0.05, 0.1) is 11.1 Å². The second-order valence-corrected chi connectivity index (χ2v) is 7.75. The highest BCUT2D eigenvalue weighted by molar-refractivity contribution is 8.01. The maximum Gasteiger partial charge on any atom is 0.219 e. The van der Waals surface area contributed by atoms with Crippen molar-refractivity contribution in [3.63, 3.8) is 0 Å². The van der Waals surface area contributed by atoms with Gasteiger partial charge in [-0.05, 0) is 24.6 Å². The minimum absolute atomic E-state index is 0.0484. The van der Waals surface area contributed by atoms with Crippen LogP contribution in [-0.2, 0) is 15.8 Å². The Labute approximate surface area is 111 Å². The van der Waals surface area contributed by atoms with Gasteiger partial charge < -0.3 is 0 Å². The second-order valence-electron chi connectivity index (χ2n) is 3.96. The minimum atomic E-state index is -3.21. The molecule has 1 aliphatic rings. The Morgan fingerprint density at radius 2 is 2.06 bits per heavy atom. The SMILES string of the molecule is CC1SCCN1S(=O)(=O)Cc1ccc(Cl)cc1. The first kappa shape index (κ1) is 13.2. The van der Waals surface area contributed by atoms with Crippen molar-refractivity contribution in [2.24, 2.45) is 0 Å². The zero-order valence-electron chi connectivity index (χ0n) is 9.47. The fourth-order valence-electron chi connectivity index (χ4n) is 1.82. The van der Waals surface area contributed by atoms with E-state index in [1.54, 1.807) is 40.3 Å². The molecule has 1 aromatic rings. The first-order chi connectivity index (χ1) is 7.99. The van der Waals surface area contributed by atoms with Crippen LogP contribution >= 0.6 is 23.4 Å². The maximum atomic E-state index is 12.2. The highest BCUT2D eigenvalue weighted by Crippen LogP contribution is 2.27. The summed E-state index contributed by atoms with van der Waals surface area (Å²) in [6.45, 7) is 2.54. The van der Waals surface area contributed by atoms with Gasteiger partial charge in [-0.25, -0.2) is 8.42 Å². The predicted octanol–water partition coefficient (Wildman–Crippen LogP) is 2.56. The van der Waals surface area contributed by atoms with E-state index >= 15 is 0 Å². The predicted molar refractivity (Wildman–Crippen MR) is 72.7 cm³/mol. The summed E-state index contributed by atoms with van der Waals surface area (Å²) < 4.78 is 25.9. The van der Waals surface area contributed by atoms with E-state index in [4.69, 9.17) is 11.6 Å². The summed E-state index contributed by atoms with van der Waals surface area (Å²) >= 11 is 7.44. The summed E-state index contributed by atoms with van der Waals surface area (Å²) in [6.07, 6.45) is 0. The van der Waals surface area contributed by atoms with Gasteiger partial charge in [0.1, 0.15) is 0 Å². The van der Waals surface area contributed by atoms with Crippen LogP contribution in [0.25, 0.3) is 0 Å². The number of thioether (sulfide) groups is 1. The lowest BCUT2D eigenvalue weighted by atomic mass is 10.2. The Hall–Kier alpha value is -0.230. The number of rotatable bonds is 3. The molecule has 17 heavy (non-hydrogen) atoms. The van der Waals surface area contributed by atoms with Gasteiger partial charge in [0.2, 0.25) is 10.0 Å². The molecule has 1 aliphatic heterocycles. The van der Waals surface area contributed by atoms with E-state index in [0.717, 1.165) is 11.3 Å². The fraction of sp³-hybridized carbons (Fsp3) is 0.455. The molecule has 0 N–H and O–H groups in total. The van der Waals surface area contributed by atoms with Crippen molar-refractivity contribution in [3.8, 4) is 0 Å². The van der Waals surface area contributed by atoms with Crippen LogP contribution in [0.1, 0.15) is 12.5 Å². The first-order valence-electron chi connectivity index (χ1n) is 5.34. The summed E-state index contributed by atoms with van der Waals surface area (Å²) in [5.41, 5.74) is 0.776. The molecular weight excluding hydrogens is 278 g/mol. The van der Waals surface area contributed by atoms with E-state index in [0.29, 0.717) is 11.6 Å². The van der Waals surface area contributed by atoms with E-state index in [2.05, 4.69) is 0 Å². The Bertz CT molecular complexity index is 487. The van der Waals surface area contributed by atoms with Gasteiger partial charge in [0.15, 0.2) is 0 Å². The first-order valence-corrected chi connectivity index (χ1v) is 8.38. The Kier molecular flexibility index (Phi) is 4.02. The van der Waals surface area contributed by atoms with E-state index in [1.165, 1.54) is 0 Å². The van der Waals surface area contributed by atoms with E-state index in [-0.39, 0.29) is 11.1 Å². The van der Waals surface area contributed by atoms with Crippen molar-refractivity contribution in [1.82, 2.24) is 4.31 Å². The molecule has 3 nitrogen and oxygen atoms in total. The van der Waals surface area contributed by atoms with Crippen LogP contribution in [0.15, 0.2) is 24.3 Å². The zero-order chi connectivity index (χ0) is 12.5. The highest BCUT2D eigenvalue weighted by atomic mass is 35.5. The zero-order valence-corrected chi connectivity index (χ0v) is 11.9. The van der Waals surface area contributed by atoms with Crippen molar-refractivity contribution >= 4 is 33.4 Å². The third-order valence-corrected chi connectivity index (χ3v) is 6.15. The molecule has 1 saturated heterocycles. The number of hydrogen-bond donors (Lipinski definition) is 0. The molecule has 6 heteroatoms. The molecule has 0 saturated carbocycles. The summed E-state index contributed by atoms with van der Waals surface area (Å²) in [5, 5.41) is 0.670. The lowest BCUT2D eigenvalue weighted by Crippen LogP contribution is -2.34. The van der Waals surface area contributed by atoms with Crippen LogP contribution in [0.2, 0.25) is 5.02 Å². The number of benzene rings is 1. The minimum Gasteiger partial charge on any atom is -0.212 e. The summed E-state index contributed by atoms with van der Waals surface area (Å²) in [4.78, 5) is 0. The average Bonchev–Trinajstić information content (AvgIpc) is 2.68. The number of nitrogens with zero attached hydrogens (tertiary/aromatic N) is 1. The van der Waals surface area contributed by atoms with E-state index < -0.39 is 10.0 Å². The molecule has 0 radical (unpaired) electrons. The molecule has 1 fully saturated rings. The van der Waals surface area contributed by atoms with Gasteiger partial charge in [0.25, 0.3) is 0 Å². The lowest BCUT2D eigenvalue weighted by molar-refractivity contribution is 0.441. The standard InChI is InChI=1S/C11H14ClNO2S2/c1-9-13(6-7-16-9)17(14,15)8-10-2-4-11(12)5-3-10/h2-5,9H,6-8H2,1H3. The van der Waals surface area contributed by atoms with Crippen molar-refractivity contribution in [3.05, 3.63) is 34.9 Å². The van der Waals surface area contributed by atoms with Gasteiger partial charge in [-0.1, -0.05) is 23.7 Å². The smallest absolute Gasteiger partial charge is 0.212 e. The molecule has 2 rings (SSSR count). The van der Waals surface area contributed by atoms with Crippen molar-refractivity contribution < 1.29 is 8.42 Å². The fourth-order valence-corrected chi connectivity index (χ4v) is 5.15. The largest absolute Gasteiger partial charge is 0.219 e. The molecule has 1 heterocycles. The van der Waals surface area contributed by atoms with Crippen LogP contribution in [0.4, 0.5) is 0 Å². The van der Waals surface area contributed by atoms with Crippen LogP contribution in [-0.4, -0.2) is 30.4 Å². The molecule has 0 amide bonds. The number of halogens is 1. The number of hydrogen-bond acceptors (Lipinski definition) is 3. The summed E-state index contributed by atoms with van der Waals surface area (Å²) in [6, 6.07) is 6.95. The van der Waals surface area contributed by atoms with Gasteiger partial charge in [-0.3, -0.25) is 0 Å². The van der Waals surface area contributed by atoms with Crippen LogP contribution in [0.5, 0.6) is 0 Å². The van der Waals surface area contributed by atoms with E-state index in [1.807, 2.05) is 6.92 Å². The van der Waals surface area contributed by atoms with Crippen molar-refractivity contribution in [1.29, 1.82) is 0 Å². The maximum absolute atomic E-state index is 12.2. The summed E-state index contributed by atoms with van der Waals surface area (Å²) in [5.74, 6) is 0.927. The molecule has 0 aromatic heterocycles. The Morgan fingerprint density at radius 3 is 2.59 bits per heavy atom. The molecule has 0 aliphatic carbocycles. The molecule has 0 bridgehead atoms. The molecule has 1 unspecified atom stereocenters. The van der Waals surface area contributed by atoms with Crippen LogP contribution < -0.4 is 0 Å². The molecule has 1 atom stereocenters. The second kappa shape index (κ2) is 5.18. The molecule has 94 valence electrons. The van der Waals surface area contributed by atoms with Crippen LogP contribution in [0, 0.1) is 0 Å². The lowest BCUT2D eigenvalue weighted by Gasteiger charge is -2.19. The topological polar surface area (TPSA) is 37.4 Å². The third kappa shape index (κ3) is 3.16. The summed E-state index contributed by atoms with van der Waals surface area (Å²) in [7, 11) is -3.21. The molecule has 0 spiro atoms. The molecular formula is C11H14ClNO2S2. The van der Waals surface area contributed by atoms with Gasteiger partial charge in [-0.15, -0.1) is 11.8 Å². The highest BCUT2D eigenvalue weighted by Gasteiger charge is 2.31. The van der Waals surface area contributed by atoms with Crippen LogP contribution in [0.3, 0.4) is 0 Å². The van der Waals surface area contributed by atoms with Gasteiger partial charge >= 0.3 is 0 Å². The van der Waals surface area contributed by atoms with Gasteiger partial charge in [0, 0.05) is 17.3 Å². The average molecular weight is 292 g/mol.